The Balaban J connectivity index is 0.000000507. The van der Waals surface area contributed by atoms with Gasteiger partial charge in [0, 0.05) is 23.7 Å². The molecule has 4 rings (SSSR count). The van der Waals surface area contributed by atoms with Crippen LogP contribution in [0.4, 0.5) is 0 Å². The van der Waals surface area contributed by atoms with Gasteiger partial charge in [-0.05, 0) is 65.9 Å². The molecule has 35 heavy (non-hydrogen) atoms. The molecule has 0 spiro atoms. The molecule has 0 fully saturated rings. The number of rotatable bonds is 3. The number of hydrogen-bond donors (Lipinski definition) is 0. The molecule has 0 amide bonds. The molecule has 1 unspecified atom stereocenters. The molecule has 0 aliphatic rings. The number of pyridine rings is 2. The number of halogens is 3. The molecule has 0 radical (unpaired) electrons. The first-order valence-corrected chi connectivity index (χ1v) is 12.0. The maximum absolute atomic E-state index is 10.2. The first kappa shape index (κ1) is 33.7. The Kier molecular flexibility index (Phi) is 17.4. The van der Waals surface area contributed by atoms with Gasteiger partial charge in [-0.1, -0.05) is 90.8 Å². The Morgan fingerprint density at radius 3 is 1.71 bits per heavy atom. The van der Waals surface area contributed by atoms with Crippen molar-refractivity contribution in [3.8, 4) is 0 Å². The van der Waals surface area contributed by atoms with Crippen molar-refractivity contribution in [3.63, 3.8) is 0 Å². The van der Waals surface area contributed by atoms with E-state index >= 15 is 0 Å². The van der Waals surface area contributed by atoms with E-state index in [1.54, 1.807) is 42.6 Å². The first-order chi connectivity index (χ1) is 15.8. The summed E-state index contributed by atoms with van der Waals surface area (Å²) in [4.78, 5) is 8.48. The van der Waals surface area contributed by atoms with Crippen LogP contribution in [0.1, 0.15) is 29.8 Å². The van der Waals surface area contributed by atoms with Crippen LogP contribution in [0.15, 0.2) is 90.1 Å². The summed E-state index contributed by atoms with van der Waals surface area (Å²) < 4.78 is 20.4. The molecule has 2 aromatic carbocycles. The molecular weight excluding hydrogens is 534 g/mol. The van der Waals surface area contributed by atoms with E-state index in [1.165, 1.54) is 5.56 Å². The van der Waals surface area contributed by atoms with Gasteiger partial charge in [-0.2, -0.15) is 0 Å². The Hall–Kier alpha value is -1.28. The molecule has 1 atom stereocenters. The monoisotopic (exact) mass is 558 g/mol. The van der Waals surface area contributed by atoms with Crippen molar-refractivity contribution in [1.82, 2.24) is 9.97 Å². The summed E-state index contributed by atoms with van der Waals surface area (Å²) in [5.41, 5.74) is 4.28. The third-order valence-electron chi connectivity index (χ3n) is 4.14. The molecule has 9 heteroatoms. The Morgan fingerprint density at radius 2 is 1.29 bits per heavy atom. The van der Waals surface area contributed by atoms with Crippen molar-refractivity contribution in [2.24, 2.45) is 0 Å². The fourth-order valence-electron chi connectivity index (χ4n) is 2.53. The number of nitrogens with zero attached hydrogens (tertiary/aromatic N) is 2. The third-order valence-corrected chi connectivity index (χ3v) is 5.81. The molecule has 2 heterocycles. The molecule has 180 valence electrons. The minimum Gasteiger partial charge on any atom is -0.768 e. The van der Waals surface area contributed by atoms with Gasteiger partial charge in [0.15, 0.2) is 0 Å². The zero-order chi connectivity index (χ0) is 24.2. The van der Waals surface area contributed by atoms with Crippen molar-refractivity contribution in [3.05, 3.63) is 123 Å². The van der Waals surface area contributed by atoms with E-state index in [0.29, 0.717) is 15.1 Å². The van der Waals surface area contributed by atoms with E-state index in [2.05, 4.69) is 22.1 Å². The van der Waals surface area contributed by atoms with Crippen LogP contribution < -0.4 is 29.6 Å². The summed E-state index contributed by atoms with van der Waals surface area (Å²) in [5, 5.41) is 1.62. The van der Waals surface area contributed by atoms with Crippen molar-refractivity contribution < 1.29 is 38.3 Å². The van der Waals surface area contributed by atoms with Crippen LogP contribution in [0.25, 0.3) is 0 Å². The molecule has 4 aromatic rings. The van der Waals surface area contributed by atoms with E-state index < -0.39 is 11.1 Å². The number of benzene rings is 2. The van der Waals surface area contributed by atoms with Crippen molar-refractivity contribution in [1.29, 1.82) is 0 Å². The quantitative estimate of drug-likeness (QED) is 0.204. The predicted molar refractivity (Wildman–Crippen MR) is 143 cm³/mol. The van der Waals surface area contributed by atoms with Crippen LogP contribution in [0.5, 0.6) is 0 Å². The molecule has 0 aliphatic carbocycles. The van der Waals surface area contributed by atoms with Crippen LogP contribution in [0.2, 0.25) is 15.2 Å². The van der Waals surface area contributed by atoms with Crippen molar-refractivity contribution >= 4 is 45.9 Å². The number of aryl methyl sites for hydroxylation is 2. The predicted octanol–water partition coefficient (Wildman–Crippen LogP) is 4.90. The SMILES string of the molecule is C.Cc1cnc(Cc2ccccc2)c(Cl)c1.Cc1cnc(Cl)c(Cl)c1.O=S([O-])c1ccccc1.[Na+]. The molecular formula is C26H26Cl3N2NaO2S. The van der Waals surface area contributed by atoms with Gasteiger partial charge >= 0.3 is 29.6 Å². The maximum Gasteiger partial charge on any atom is 1.00 e. The van der Waals surface area contributed by atoms with E-state index in [9.17, 15) is 8.76 Å². The Labute approximate surface area is 247 Å². The van der Waals surface area contributed by atoms with E-state index in [-0.39, 0.29) is 37.0 Å². The molecule has 0 bridgehead atoms. The largest absolute Gasteiger partial charge is 1.00 e. The molecule has 0 saturated heterocycles. The van der Waals surface area contributed by atoms with Gasteiger partial charge in [0.25, 0.3) is 0 Å². The van der Waals surface area contributed by atoms with Gasteiger partial charge in [-0.25, -0.2) is 4.98 Å². The van der Waals surface area contributed by atoms with E-state index in [0.717, 1.165) is 28.3 Å². The maximum atomic E-state index is 10.2. The Morgan fingerprint density at radius 1 is 0.800 bits per heavy atom. The van der Waals surface area contributed by atoms with Gasteiger partial charge in [-0.3, -0.25) is 9.19 Å². The molecule has 0 aliphatic heterocycles. The van der Waals surface area contributed by atoms with Gasteiger partial charge < -0.3 is 4.55 Å². The van der Waals surface area contributed by atoms with E-state index in [1.807, 2.05) is 44.3 Å². The van der Waals surface area contributed by atoms with Gasteiger partial charge in [0.05, 0.1) is 15.7 Å². The van der Waals surface area contributed by atoms with E-state index in [4.69, 9.17) is 34.8 Å². The first-order valence-electron chi connectivity index (χ1n) is 9.83. The van der Waals surface area contributed by atoms with Crippen LogP contribution in [0, 0.1) is 13.8 Å². The van der Waals surface area contributed by atoms with Crippen LogP contribution in [0.3, 0.4) is 0 Å². The molecule has 4 nitrogen and oxygen atoms in total. The zero-order valence-corrected chi connectivity index (χ0v) is 24.1. The summed E-state index contributed by atoms with van der Waals surface area (Å²) in [6, 6.07) is 22.2. The normalized spacial score (nSPS) is 10.2. The van der Waals surface area contributed by atoms with Crippen LogP contribution in [-0.4, -0.2) is 18.7 Å². The second-order valence-electron chi connectivity index (χ2n) is 6.94. The topological polar surface area (TPSA) is 65.9 Å². The van der Waals surface area contributed by atoms with Gasteiger partial charge in [-0.15, -0.1) is 0 Å². The summed E-state index contributed by atoms with van der Waals surface area (Å²) in [7, 11) is 0. The van der Waals surface area contributed by atoms with Crippen molar-refractivity contribution in [2.75, 3.05) is 0 Å². The summed E-state index contributed by atoms with van der Waals surface area (Å²) in [6.07, 6.45) is 4.32. The molecule has 2 aromatic heterocycles. The fraction of sp³-hybridized carbons (Fsp3) is 0.154. The summed E-state index contributed by atoms with van der Waals surface area (Å²) in [6.45, 7) is 3.90. The second kappa shape index (κ2) is 18.0. The minimum atomic E-state index is -2.08. The van der Waals surface area contributed by atoms with Crippen molar-refractivity contribution in [2.45, 2.75) is 32.6 Å². The molecule has 0 saturated carbocycles. The zero-order valence-electron chi connectivity index (χ0n) is 19.0. The smallest absolute Gasteiger partial charge is 0.768 e. The standard InChI is InChI=1S/C13H12ClN.C6H5Cl2N.C6H6O2S.CH4.Na/c1-10-7-12(14)13(15-9-10)8-11-5-3-2-4-6-11;1-4-2-5(7)6(8)9-3-4;7-9(8)6-4-2-1-3-5-6;;/h2-7,9H,8H2,1H3;2-3H,1H3;1-5H,(H,7,8);1H4;/q;;;;+1/p-1. The fourth-order valence-corrected chi connectivity index (χ4v) is 3.52. The second-order valence-corrected chi connectivity index (χ2v) is 9.05. The average molecular weight is 560 g/mol. The van der Waals surface area contributed by atoms with Crippen LogP contribution >= 0.6 is 34.8 Å². The third kappa shape index (κ3) is 13.0. The summed E-state index contributed by atoms with van der Waals surface area (Å²) >= 11 is 15.2. The molecule has 0 N–H and O–H groups in total. The van der Waals surface area contributed by atoms with Crippen LogP contribution in [-0.2, 0) is 17.5 Å². The number of hydrogen-bond acceptors (Lipinski definition) is 4. The average Bonchev–Trinajstić information content (AvgIpc) is 2.81. The minimum absolute atomic E-state index is 0. The van der Waals surface area contributed by atoms with Gasteiger partial charge in [0.1, 0.15) is 5.15 Å². The summed E-state index contributed by atoms with van der Waals surface area (Å²) in [5.74, 6) is 0. The Bertz CT molecular complexity index is 1180. The van der Waals surface area contributed by atoms with Gasteiger partial charge in [0.2, 0.25) is 0 Å². The number of aromatic nitrogens is 2.